The Bertz CT molecular complexity index is 964. The van der Waals surface area contributed by atoms with Gasteiger partial charge in [-0.2, -0.15) is 5.10 Å². The number of rotatable bonds is 4. The molecule has 5 heteroatoms. The summed E-state index contributed by atoms with van der Waals surface area (Å²) in [5, 5.41) is 7.56. The molecule has 2 aromatic carbocycles. The second kappa shape index (κ2) is 7.84. The van der Waals surface area contributed by atoms with Gasteiger partial charge >= 0.3 is 0 Å². The maximum absolute atomic E-state index is 12.5. The minimum Gasteiger partial charge on any atom is -0.307 e. The van der Waals surface area contributed by atoms with Gasteiger partial charge in [0.25, 0.3) is 5.91 Å². The van der Waals surface area contributed by atoms with Crippen LogP contribution in [0.25, 0.3) is 0 Å². The first-order valence-corrected chi connectivity index (χ1v) is 10.5. The normalized spacial score (nSPS) is 17.9. The smallest absolute Gasteiger partial charge is 0.256 e. The highest BCUT2D eigenvalue weighted by Gasteiger charge is 2.31. The van der Waals surface area contributed by atoms with Gasteiger partial charge in [0.15, 0.2) is 0 Å². The predicted molar refractivity (Wildman–Crippen MR) is 114 cm³/mol. The first-order chi connectivity index (χ1) is 14.3. The van der Waals surface area contributed by atoms with Gasteiger partial charge in [0.1, 0.15) is 5.82 Å². The Kier molecular flexibility index (Phi) is 4.90. The molecule has 1 saturated heterocycles. The lowest BCUT2D eigenvalue weighted by atomic mass is 10.0. The number of anilines is 1. The van der Waals surface area contributed by atoms with Crippen LogP contribution in [0.2, 0.25) is 0 Å². The quantitative estimate of drug-likeness (QED) is 0.739. The summed E-state index contributed by atoms with van der Waals surface area (Å²) < 4.78 is 2.00. The molecule has 0 bridgehead atoms. The fraction of sp³-hybridized carbons (Fsp3) is 0.333. The van der Waals surface area contributed by atoms with Crippen LogP contribution in [-0.4, -0.2) is 39.7 Å². The number of amides is 1. The molecular formula is C24H26N4O. The second-order valence-electron chi connectivity index (χ2n) is 8.08. The van der Waals surface area contributed by atoms with Crippen molar-refractivity contribution in [3.8, 4) is 0 Å². The molecular weight excluding hydrogens is 360 g/mol. The minimum absolute atomic E-state index is 0.0893. The third-order valence-corrected chi connectivity index (χ3v) is 6.34. The summed E-state index contributed by atoms with van der Waals surface area (Å²) in [6.07, 6.45) is 6.23. The second-order valence-corrected chi connectivity index (χ2v) is 8.08. The van der Waals surface area contributed by atoms with Gasteiger partial charge in [-0.3, -0.25) is 9.69 Å². The summed E-state index contributed by atoms with van der Waals surface area (Å²) in [4.78, 5) is 15.2. The zero-order chi connectivity index (χ0) is 19.6. The van der Waals surface area contributed by atoms with E-state index in [4.69, 9.17) is 0 Å². The highest BCUT2D eigenvalue weighted by Crippen LogP contribution is 2.31. The van der Waals surface area contributed by atoms with Crippen LogP contribution in [0.1, 0.15) is 40.4 Å². The maximum atomic E-state index is 12.5. The molecule has 1 N–H and O–H groups in total. The topological polar surface area (TPSA) is 50.2 Å². The van der Waals surface area contributed by atoms with E-state index < -0.39 is 0 Å². The Morgan fingerprint density at radius 3 is 2.21 bits per heavy atom. The zero-order valence-electron chi connectivity index (χ0n) is 16.5. The monoisotopic (exact) mass is 386 g/mol. The molecule has 0 atom stereocenters. The van der Waals surface area contributed by atoms with E-state index in [1.807, 2.05) is 41.1 Å². The van der Waals surface area contributed by atoms with Gasteiger partial charge in [-0.15, -0.1) is 0 Å². The average Bonchev–Trinajstić information content (AvgIpc) is 3.41. The third kappa shape index (κ3) is 3.70. The molecule has 0 spiro atoms. The number of likely N-dealkylation sites (tertiary alicyclic amines) is 1. The Balaban J connectivity index is 1.21. The van der Waals surface area contributed by atoms with Gasteiger partial charge in [0.2, 0.25) is 0 Å². The molecule has 3 aromatic rings. The van der Waals surface area contributed by atoms with Crippen LogP contribution in [0.5, 0.6) is 0 Å². The molecule has 5 rings (SSSR count). The Morgan fingerprint density at radius 1 is 0.862 bits per heavy atom. The molecule has 0 unspecified atom stereocenters. The van der Waals surface area contributed by atoms with E-state index in [9.17, 15) is 4.79 Å². The van der Waals surface area contributed by atoms with Crippen molar-refractivity contribution in [2.45, 2.75) is 37.8 Å². The van der Waals surface area contributed by atoms with Crippen LogP contribution in [0, 0.1) is 0 Å². The highest BCUT2D eigenvalue weighted by molar-refractivity contribution is 6.03. The van der Waals surface area contributed by atoms with Crippen molar-refractivity contribution in [2.75, 3.05) is 18.4 Å². The fourth-order valence-corrected chi connectivity index (χ4v) is 4.77. The number of benzene rings is 2. The van der Waals surface area contributed by atoms with Crippen LogP contribution in [-0.2, 0) is 12.8 Å². The Hall–Kier alpha value is -2.92. The molecule has 1 aliphatic heterocycles. The highest BCUT2D eigenvalue weighted by atomic mass is 16.1. The molecule has 29 heavy (non-hydrogen) atoms. The van der Waals surface area contributed by atoms with Crippen molar-refractivity contribution in [2.24, 2.45) is 0 Å². The molecule has 0 radical (unpaired) electrons. The van der Waals surface area contributed by atoms with Crippen molar-refractivity contribution >= 4 is 11.7 Å². The van der Waals surface area contributed by atoms with Crippen molar-refractivity contribution in [1.82, 2.24) is 14.7 Å². The number of hydrogen-bond acceptors (Lipinski definition) is 3. The van der Waals surface area contributed by atoms with E-state index in [1.165, 1.54) is 24.0 Å². The molecule has 148 valence electrons. The number of nitrogens with zero attached hydrogens (tertiary/aromatic N) is 3. The molecule has 1 aromatic heterocycles. The van der Waals surface area contributed by atoms with Crippen LogP contribution in [0.3, 0.4) is 0 Å². The lowest BCUT2D eigenvalue weighted by molar-refractivity contribution is 0.102. The van der Waals surface area contributed by atoms with Gasteiger partial charge in [0, 0.05) is 30.8 Å². The number of fused-ring (bicyclic) bond motifs is 1. The Labute approximate surface area is 171 Å². The average molecular weight is 386 g/mol. The lowest BCUT2D eigenvalue weighted by Crippen LogP contribution is -2.42. The number of piperidine rings is 1. The number of hydrogen-bond donors (Lipinski definition) is 1. The van der Waals surface area contributed by atoms with Crippen molar-refractivity contribution < 1.29 is 4.79 Å². The van der Waals surface area contributed by atoms with Crippen LogP contribution in [0.4, 0.5) is 5.82 Å². The molecule has 1 aliphatic carbocycles. The van der Waals surface area contributed by atoms with Gasteiger partial charge < -0.3 is 5.32 Å². The van der Waals surface area contributed by atoms with Gasteiger partial charge in [0.05, 0.1) is 12.2 Å². The minimum atomic E-state index is -0.0893. The zero-order valence-corrected chi connectivity index (χ0v) is 16.5. The molecule has 2 aliphatic rings. The van der Waals surface area contributed by atoms with E-state index in [1.54, 1.807) is 6.20 Å². The largest absolute Gasteiger partial charge is 0.307 e. The summed E-state index contributed by atoms with van der Waals surface area (Å²) in [5.74, 6) is 0.694. The molecule has 5 nitrogen and oxygen atoms in total. The first kappa shape index (κ1) is 18.1. The summed E-state index contributed by atoms with van der Waals surface area (Å²) in [6, 6.07) is 21.0. The van der Waals surface area contributed by atoms with Gasteiger partial charge in [-0.25, -0.2) is 4.68 Å². The third-order valence-electron chi connectivity index (χ3n) is 6.34. The van der Waals surface area contributed by atoms with E-state index in [2.05, 4.69) is 39.6 Å². The lowest BCUT2D eigenvalue weighted by Gasteiger charge is -2.36. The number of carbonyl (C=O) groups is 1. The number of nitrogens with one attached hydrogen (secondary N) is 1. The first-order valence-electron chi connectivity index (χ1n) is 10.5. The van der Waals surface area contributed by atoms with Crippen LogP contribution < -0.4 is 5.32 Å². The van der Waals surface area contributed by atoms with Crippen molar-refractivity contribution in [3.63, 3.8) is 0 Å². The molecule has 1 fully saturated rings. The Morgan fingerprint density at radius 2 is 1.52 bits per heavy atom. The maximum Gasteiger partial charge on any atom is 0.256 e. The number of carbonyl (C=O) groups excluding carboxylic acids is 1. The molecule has 1 amide bonds. The van der Waals surface area contributed by atoms with Gasteiger partial charge in [-0.05, 0) is 48.9 Å². The van der Waals surface area contributed by atoms with Crippen molar-refractivity contribution in [1.29, 1.82) is 0 Å². The van der Waals surface area contributed by atoms with E-state index in [0.717, 1.165) is 31.7 Å². The SMILES string of the molecule is O=C(Nc1ccnn1C1CCN(C2Cc3ccccc3C2)CC1)c1ccccc1. The summed E-state index contributed by atoms with van der Waals surface area (Å²) >= 11 is 0. The molecule has 0 saturated carbocycles. The predicted octanol–water partition coefficient (Wildman–Crippen LogP) is 3.94. The van der Waals surface area contributed by atoms with E-state index in [0.29, 0.717) is 17.6 Å². The summed E-state index contributed by atoms with van der Waals surface area (Å²) in [5.41, 5.74) is 3.69. The number of aromatic nitrogens is 2. The van der Waals surface area contributed by atoms with Crippen molar-refractivity contribution in [3.05, 3.63) is 83.6 Å². The fourth-order valence-electron chi connectivity index (χ4n) is 4.77. The van der Waals surface area contributed by atoms with Gasteiger partial charge in [-0.1, -0.05) is 42.5 Å². The summed E-state index contributed by atoms with van der Waals surface area (Å²) in [7, 11) is 0. The molecule has 2 heterocycles. The van der Waals surface area contributed by atoms with E-state index >= 15 is 0 Å². The standard InChI is InChI=1S/C24H26N4O/c29-24(18-6-2-1-3-7-18)26-23-10-13-25-28(23)21-11-14-27(15-12-21)22-16-19-8-4-5-9-20(19)17-22/h1-10,13,21-22H,11-12,14-17H2,(H,26,29). The summed E-state index contributed by atoms with van der Waals surface area (Å²) in [6.45, 7) is 2.16. The van der Waals surface area contributed by atoms with E-state index in [-0.39, 0.29) is 5.91 Å². The van der Waals surface area contributed by atoms with Crippen LogP contribution >= 0.6 is 0 Å². The van der Waals surface area contributed by atoms with Crippen LogP contribution in [0.15, 0.2) is 66.9 Å².